The SMILES string of the molecule is Cc1cnc2nc(N3CC(N(C)C(=O)O)C3)c(NN)nc2c1. The van der Waals surface area contributed by atoms with Crippen molar-refractivity contribution in [2.24, 2.45) is 5.84 Å². The number of nitrogens with one attached hydrogen (secondary N) is 1. The first kappa shape index (κ1) is 14.3. The number of nitrogens with zero attached hydrogens (tertiary/aromatic N) is 5. The van der Waals surface area contributed by atoms with E-state index in [0.29, 0.717) is 35.9 Å². The predicted molar refractivity (Wildman–Crippen MR) is 81.7 cm³/mol. The van der Waals surface area contributed by atoms with Crippen molar-refractivity contribution in [1.82, 2.24) is 19.9 Å². The fourth-order valence-corrected chi connectivity index (χ4v) is 2.39. The maximum absolute atomic E-state index is 10.9. The number of fused-ring (bicyclic) bond motifs is 1. The fourth-order valence-electron chi connectivity index (χ4n) is 2.39. The number of hydrogen-bond acceptors (Lipinski definition) is 7. The summed E-state index contributed by atoms with van der Waals surface area (Å²) in [5, 5.41) is 8.98. The molecule has 3 rings (SSSR count). The Morgan fingerprint density at radius 1 is 1.50 bits per heavy atom. The molecule has 4 N–H and O–H groups in total. The summed E-state index contributed by atoms with van der Waals surface area (Å²) in [7, 11) is 1.56. The first-order chi connectivity index (χ1) is 10.5. The molecule has 0 atom stereocenters. The number of pyridine rings is 1. The number of carboxylic acid groups (broad SMARTS) is 1. The number of anilines is 2. The zero-order chi connectivity index (χ0) is 15.9. The summed E-state index contributed by atoms with van der Waals surface area (Å²) in [5.41, 5.74) is 4.74. The highest BCUT2D eigenvalue weighted by Crippen LogP contribution is 2.28. The largest absolute Gasteiger partial charge is 0.465 e. The zero-order valence-electron chi connectivity index (χ0n) is 12.3. The van der Waals surface area contributed by atoms with Crippen LogP contribution in [0.2, 0.25) is 0 Å². The molecule has 1 fully saturated rings. The molecule has 1 amide bonds. The van der Waals surface area contributed by atoms with E-state index < -0.39 is 6.09 Å². The number of carbonyl (C=O) groups is 1. The van der Waals surface area contributed by atoms with Gasteiger partial charge in [0.1, 0.15) is 5.52 Å². The number of hydrazine groups is 1. The average Bonchev–Trinajstić information content (AvgIpc) is 2.44. The molecule has 0 aromatic carbocycles. The van der Waals surface area contributed by atoms with E-state index in [4.69, 9.17) is 10.9 Å². The minimum atomic E-state index is -0.941. The summed E-state index contributed by atoms with van der Waals surface area (Å²) < 4.78 is 0. The molecule has 116 valence electrons. The number of nitrogens with two attached hydrogens (primary N) is 1. The number of nitrogen functional groups attached to an aromatic ring is 1. The smallest absolute Gasteiger partial charge is 0.407 e. The van der Waals surface area contributed by atoms with Gasteiger partial charge in [0, 0.05) is 26.3 Å². The lowest BCUT2D eigenvalue weighted by Gasteiger charge is -2.43. The second kappa shape index (κ2) is 5.26. The molecule has 0 unspecified atom stereocenters. The predicted octanol–water partition coefficient (Wildman–Crippen LogP) is 0.417. The lowest BCUT2D eigenvalue weighted by atomic mass is 10.1. The van der Waals surface area contributed by atoms with Crippen LogP contribution < -0.4 is 16.2 Å². The van der Waals surface area contributed by atoms with Crippen LogP contribution in [0.15, 0.2) is 12.3 Å². The molecule has 2 aromatic rings. The van der Waals surface area contributed by atoms with E-state index in [2.05, 4.69) is 20.4 Å². The molecular formula is C13H17N7O2. The molecule has 2 aromatic heterocycles. The van der Waals surface area contributed by atoms with Gasteiger partial charge < -0.3 is 20.3 Å². The van der Waals surface area contributed by atoms with E-state index in [9.17, 15) is 4.79 Å². The van der Waals surface area contributed by atoms with Crippen LogP contribution in [0.25, 0.3) is 11.2 Å². The molecule has 0 aliphatic carbocycles. The molecule has 1 aliphatic heterocycles. The normalized spacial score (nSPS) is 14.8. The topological polar surface area (TPSA) is 120 Å². The van der Waals surface area contributed by atoms with Crippen molar-refractivity contribution in [3.05, 3.63) is 17.8 Å². The van der Waals surface area contributed by atoms with Crippen LogP contribution >= 0.6 is 0 Å². The molecule has 0 saturated carbocycles. The maximum atomic E-state index is 10.9. The summed E-state index contributed by atoms with van der Waals surface area (Å²) in [4.78, 5) is 27.3. The molecule has 1 aliphatic rings. The quantitative estimate of drug-likeness (QED) is 0.551. The molecule has 0 radical (unpaired) electrons. The van der Waals surface area contributed by atoms with Crippen molar-refractivity contribution < 1.29 is 9.90 Å². The summed E-state index contributed by atoms with van der Waals surface area (Å²) >= 11 is 0. The molecule has 3 heterocycles. The molecule has 9 nitrogen and oxygen atoms in total. The summed E-state index contributed by atoms with van der Waals surface area (Å²) in [6.07, 6.45) is 0.788. The number of rotatable bonds is 3. The Balaban J connectivity index is 1.88. The standard InChI is InChI=1S/C13H17N7O2/c1-7-3-9-10(15-4-7)17-12(11(16-9)18-14)20-5-8(6-20)19(2)13(21)22/h3-4,8H,5-6,14H2,1-2H3,(H,16,18)(H,21,22). The number of aryl methyl sites for hydroxylation is 1. The Hall–Kier alpha value is -2.68. The van der Waals surface area contributed by atoms with E-state index >= 15 is 0 Å². The average molecular weight is 303 g/mol. The van der Waals surface area contributed by atoms with Crippen LogP contribution in [-0.2, 0) is 0 Å². The second-order valence-corrected chi connectivity index (χ2v) is 5.35. The zero-order valence-corrected chi connectivity index (χ0v) is 12.3. The number of amides is 1. The lowest BCUT2D eigenvalue weighted by molar-refractivity contribution is 0.130. The first-order valence-corrected chi connectivity index (χ1v) is 6.81. The van der Waals surface area contributed by atoms with Crippen LogP contribution in [0.4, 0.5) is 16.4 Å². The monoisotopic (exact) mass is 303 g/mol. The van der Waals surface area contributed by atoms with Crippen LogP contribution in [0, 0.1) is 6.92 Å². The summed E-state index contributed by atoms with van der Waals surface area (Å²) in [6, 6.07) is 1.82. The fraction of sp³-hybridized carbons (Fsp3) is 0.385. The van der Waals surface area contributed by atoms with Crippen LogP contribution in [0.5, 0.6) is 0 Å². The molecule has 1 saturated heterocycles. The van der Waals surface area contributed by atoms with Crippen LogP contribution in [0.3, 0.4) is 0 Å². The first-order valence-electron chi connectivity index (χ1n) is 6.81. The van der Waals surface area contributed by atoms with Crippen molar-refractivity contribution >= 4 is 28.9 Å². The Bertz CT molecular complexity index is 730. The third-order valence-corrected chi connectivity index (χ3v) is 3.79. The Labute approximate surface area is 126 Å². The van der Waals surface area contributed by atoms with Gasteiger partial charge in [0.25, 0.3) is 0 Å². The molecule has 0 bridgehead atoms. The summed E-state index contributed by atoms with van der Waals surface area (Å²) in [5.74, 6) is 6.57. The third kappa shape index (κ3) is 2.35. The van der Waals surface area contributed by atoms with E-state index in [-0.39, 0.29) is 6.04 Å². The van der Waals surface area contributed by atoms with Gasteiger partial charge >= 0.3 is 6.09 Å². The van der Waals surface area contributed by atoms with Gasteiger partial charge in [-0.2, -0.15) is 0 Å². The van der Waals surface area contributed by atoms with Crippen LogP contribution in [-0.4, -0.2) is 57.2 Å². The molecule has 22 heavy (non-hydrogen) atoms. The number of likely N-dealkylation sites (N-methyl/N-ethyl adjacent to an activating group) is 1. The number of aromatic nitrogens is 3. The van der Waals surface area contributed by atoms with E-state index in [0.717, 1.165) is 5.56 Å². The van der Waals surface area contributed by atoms with Gasteiger partial charge in [-0.3, -0.25) is 0 Å². The number of hydrogen-bond donors (Lipinski definition) is 3. The maximum Gasteiger partial charge on any atom is 0.407 e. The minimum Gasteiger partial charge on any atom is -0.465 e. The van der Waals surface area contributed by atoms with Crippen molar-refractivity contribution in [1.29, 1.82) is 0 Å². The van der Waals surface area contributed by atoms with Crippen molar-refractivity contribution in [3.8, 4) is 0 Å². The Kier molecular flexibility index (Phi) is 3.41. The van der Waals surface area contributed by atoms with Crippen molar-refractivity contribution in [3.63, 3.8) is 0 Å². The molecule has 0 spiro atoms. The van der Waals surface area contributed by atoms with Crippen LogP contribution in [0.1, 0.15) is 5.56 Å². The second-order valence-electron chi connectivity index (χ2n) is 5.35. The van der Waals surface area contributed by atoms with Gasteiger partial charge in [-0.05, 0) is 18.6 Å². The van der Waals surface area contributed by atoms with Crippen molar-refractivity contribution in [2.45, 2.75) is 13.0 Å². The highest BCUT2D eigenvalue weighted by Gasteiger charge is 2.34. The Morgan fingerprint density at radius 2 is 2.23 bits per heavy atom. The van der Waals surface area contributed by atoms with Gasteiger partial charge in [-0.15, -0.1) is 0 Å². The molecule has 9 heteroatoms. The van der Waals surface area contributed by atoms with Gasteiger partial charge in [-0.25, -0.2) is 25.6 Å². The van der Waals surface area contributed by atoms with Gasteiger partial charge in [0.05, 0.1) is 6.04 Å². The molecular weight excluding hydrogens is 286 g/mol. The van der Waals surface area contributed by atoms with Gasteiger partial charge in [0.15, 0.2) is 17.3 Å². The van der Waals surface area contributed by atoms with Gasteiger partial charge in [-0.1, -0.05) is 0 Å². The minimum absolute atomic E-state index is 0.0633. The highest BCUT2D eigenvalue weighted by atomic mass is 16.4. The van der Waals surface area contributed by atoms with Gasteiger partial charge in [0.2, 0.25) is 0 Å². The van der Waals surface area contributed by atoms with Crippen molar-refractivity contribution in [2.75, 3.05) is 30.5 Å². The van der Waals surface area contributed by atoms with E-state index in [1.165, 1.54) is 4.90 Å². The highest BCUT2D eigenvalue weighted by molar-refractivity contribution is 5.78. The lowest BCUT2D eigenvalue weighted by Crippen LogP contribution is -2.60. The van der Waals surface area contributed by atoms with E-state index in [1.807, 2.05) is 17.9 Å². The Morgan fingerprint density at radius 3 is 2.86 bits per heavy atom. The summed E-state index contributed by atoms with van der Waals surface area (Å²) in [6.45, 7) is 3.02. The van der Waals surface area contributed by atoms with E-state index in [1.54, 1.807) is 13.2 Å². The third-order valence-electron chi connectivity index (χ3n) is 3.79.